The highest BCUT2D eigenvalue weighted by molar-refractivity contribution is 6.30. The molecule has 0 spiro atoms. The van der Waals surface area contributed by atoms with E-state index in [1.165, 1.54) is 37.6 Å². The van der Waals surface area contributed by atoms with Gasteiger partial charge in [-0.15, -0.1) is 0 Å². The molecular formula is C16H13ClN2O5. The minimum absolute atomic E-state index is 0.00902. The number of rotatable bonds is 5. The van der Waals surface area contributed by atoms with Crippen LogP contribution in [-0.4, -0.2) is 36.5 Å². The Morgan fingerprint density at radius 2 is 1.92 bits per heavy atom. The quantitative estimate of drug-likeness (QED) is 0.833. The topological polar surface area (TPSA) is 94.6 Å². The van der Waals surface area contributed by atoms with Gasteiger partial charge in [0.2, 0.25) is 0 Å². The van der Waals surface area contributed by atoms with Gasteiger partial charge in [-0.3, -0.25) is 4.79 Å². The summed E-state index contributed by atoms with van der Waals surface area (Å²) in [7, 11) is 1.24. The van der Waals surface area contributed by atoms with Crippen LogP contribution in [0.25, 0.3) is 0 Å². The zero-order valence-electron chi connectivity index (χ0n) is 12.6. The molecule has 1 N–H and O–H groups in total. The molecule has 0 aliphatic rings. The predicted octanol–water partition coefficient (Wildman–Crippen LogP) is 2.32. The third-order valence-corrected chi connectivity index (χ3v) is 3.11. The maximum atomic E-state index is 11.9. The molecule has 2 rings (SSSR count). The van der Waals surface area contributed by atoms with Gasteiger partial charge in [-0.2, -0.15) is 0 Å². The normalized spacial score (nSPS) is 9.92. The first-order chi connectivity index (χ1) is 11.5. The SMILES string of the molecule is COC(=O)c1ccccc1NC(=O)COC(=O)c1cc(Cl)ccn1. The Morgan fingerprint density at radius 3 is 2.62 bits per heavy atom. The van der Waals surface area contributed by atoms with E-state index in [9.17, 15) is 14.4 Å². The minimum Gasteiger partial charge on any atom is -0.465 e. The van der Waals surface area contributed by atoms with Gasteiger partial charge in [0.05, 0.1) is 18.4 Å². The van der Waals surface area contributed by atoms with E-state index in [4.69, 9.17) is 16.3 Å². The second-order valence-corrected chi connectivity index (χ2v) is 4.96. The molecule has 0 fully saturated rings. The number of methoxy groups -OCH3 is 1. The second-order valence-electron chi connectivity index (χ2n) is 4.52. The predicted molar refractivity (Wildman–Crippen MR) is 85.9 cm³/mol. The molecule has 7 nitrogen and oxygen atoms in total. The summed E-state index contributed by atoms with van der Waals surface area (Å²) < 4.78 is 9.48. The maximum absolute atomic E-state index is 11.9. The van der Waals surface area contributed by atoms with Crippen LogP contribution in [0.1, 0.15) is 20.8 Å². The molecular weight excluding hydrogens is 336 g/mol. The van der Waals surface area contributed by atoms with Gasteiger partial charge in [0.15, 0.2) is 6.61 Å². The van der Waals surface area contributed by atoms with E-state index in [1.54, 1.807) is 12.1 Å². The molecule has 8 heteroatoms. The lowest BCUT2D eigenvalue weighted by Crippen LogP contribution is -2.22. The Hall–Kier alpha value is -2.93. The molecule has 1 aromatic carbocycles. The van der Waals surface area contributed by atoms with Crippen molar-refractivity contribution in [3.8, 4) is 0 Å². The van der Waals surface area contributed by atoms with E-state index in [0.717, 1.165) is 0 Å². The average molecular weight is 349 g/mol. The number of nitrogens with zero attached hydrogens (tertiary/aromatic N) is 1. The number of amides is 1. The number of carbonyl (C=O) groups excluding carboxylic acids is 3. The zero-order valence-corrected chi connectivity index (χ0v) is 13.4. The number of anilines is 1. The van der Waals surface area contributed by atoms with Gasteiger partial charge in [0.25, 0.3) is 5.91 Å². The smallest absolute Gasteiger partial charge is 0.357 e. The van der Waals surface area contributed by atoms with Gasteiger partial charge in [-0.05, 0) is 24.3 Å². The maximum Gasteiger partial charge on any atom is 0.357 e. The second kappa shape index (κ2) is 8.07. The summed E-state index contributed by atoms with van der Waals surface area (Å²) in [5.74, 6) is -1.98. The van der Waals surface area contributed by atoms with Crippen LogP contribution in [0.4, 0.5) is 5.69 Å². The third kappa shape index (κ3) is 4.53. The number of para-hydroxylation sites is 1. The molecule has 24 heavy (non-hydrogen) atoms. The summed E-state index contributed by atoms with van der Waals surface area (Å²) in [6, 6.07) is 9.15. The molecule has 0 aliphatic carbocycles. The summed E-state index contributed by atoms with van der Waals surface area (Å²) in [6.45, 7) is -0.539. The van der Waals surface area contributed by atoms with Gasteiger partial charge < -0.3 is 14.8 Å². The number of ether oxygens (including phenoxy) is 2. The molecule has 1 heterocycles. The Bertz CT molecular complexity index is 779. The lowest BCUT2D eigenvalue weighted by Gasteiger charge is -2.09. The summed E-state index contributed by atoms with van der Waals surface area (Å²) >= 11 is 5.75. The van der Waals surface area contributed by atoms with Crippen LogP contribution in [0.2, 0.25) is 5.02 Å². The summed E-state index contributed by atoms with van der Waals surface area (Å²) in [6.07, 6.45) is 1.35. The number of carbonyl (C=O) groups is 3. The lowest BCUT2D eigenvalue weighted by atomic mass is 10.2. The van der Waals surface area contributed by atoms with E-state index in [1.807, 2.05) is 0 Å². The highest BCUT2D eigenvalue weighted by Gasteiger charge is 2.15. The van der Waals surface area contributed by atoms with Crippen LogP contribution in [0.15, 0.2) is 42.6 Å². The molecule has 124 valence electrons. The number of hydrogen-bond acceptors (Lipinski definition) is 6. The number of halogens is 1. The molecule has 0 saturated heterocycles. The van der Waals surface area contributed by atoms with Gasteiger partial charge in [-0.25, -0.2) is 14.6 Å². The van der Waals surface area contributed by atoms with Crippen molar-refractivity contribution in [1.82, 2.24) is 4.98 Å². The van der Waals surface area contributed by atoms with Crippen molar-refractivity contribution in [3.63, 3.8) is 0 Å². The summed E-state index contributed by atoms with van der Waals surface area (Å²) in [5.41, 5.74) is 0.438. The minimum atomic E-state index is -0.783. The third-order valence-electron chi connectivity index (χ3n) is 2.87. The molecule has 2 aromatic rings. The standard InChI is InChI=1S/C16H13ClN2O5/c1-23-15(21)11-4-2-3-5-12(11)19-14(20)9-24-16(22)13-8-10(17)6-7-18-13/h2-8H,9H2,1H3,(H,19,20). The van der Waals surface area contributed by atoms with E-state index >= 15 is 0 Å². The Balaban J connectivity index is 1.97. The molecule has 1 aromatic heterocycles. The Labute approximate surface area is 142 Å². The number of aromatic nitrogens is 1. The van der Waals surface area contributed by atoms with Crippen molar-refractivity contribution >= 4 is 35.1 Å². The van der Waals surface area contributed by atoms with E-state index in [2.05, 4.69) is 15.0 Å². The van der Waals surface area contributed by atoms with Crippen LogP contribution >= 0.6 is 11.6 Å². The number of benzene rings is 1. The van der Waals surface area contributed by atoms with Crippen LogP contribution < -0.4 is 5.32 Å². The Kier molecular flexibility index (Phi) is 5.86. The highest BCUT2D eigenvalue weighted by Crippen LogP contribution is 2.16. The van der Waals surface area contributed by atoms with Gasteiger partial charge in [0.1, 0.15) is 5.69 Å². The van der Waals surface area contributed by atoms with Crippen LogP contribution in [0.3, 0.4) is 0 Å². The molecule has 0 unspecified atom stereocenters. The van der Waals surface area contributed by atoms with Crippen molar-refractivity contribution in [2.24, 2.45) is 0 Å². The molecule has 1 amide bonds. The van der Waals surface area contributed by atoms with Crippen molar-refractivity contribution in [3.05, 3.63) is 58.9 Å². The van der Waals surface area contributed by atoms with E-state index in [0.29, 0.717) is 5.02 Å². The first-order valence-corrected chi connectivity index (χ1v) is 7.15. The van der Waals surface area contributed by atoms with E-state index in [-0.39, 0.29) is 16.9 Å². The fourth-order valence-corrected chi connectivity index (χ4v) is 1.95. The van der Waals surface area contributed by atoms with Crippen LogP contribution in [0, 0.1) is 0 Å². The van der Waals surface area contributed by atoms with Crippen LogP contribution in [-0.2, 0) is 14.3 Å². The number of esters is 2. The highest BCUT2D eigenvalue weighted by atomic mass is 35.5. The molecule has 0 saturated carbocycles. The van der Waals surface area contributed by atoms with Crippen molar-refractivity contribution in [2.45, 2.75) is 0 Å². The first kappa shape index (κ1) is 17.4. The van der Waals surface area contributed by atoms with E-state index < -0.39 is 24.5 Å². The molecule has 0 aliphatic heterocycles. The summed E-state index contributed by atoms with van der Waals surface area (Å²) in [5, 5.41) is 2.81. The van der Waals surface area contributed by atoms with Crippen molar-refractivity contribution < 1.29 is 23.9 Å². The van der Waals surface area contributed by atoms with Gasteiger partial charge >= 0.3 is 11.9 Å². The monoisotopic (exact) mass is 348 g/mol. The number of hydrogen-bond donors (Lipinski definition) is 1. The van der Waals surface area contributed by atoms with Crippen molar-refractivity contribution in [1.29, 1.82) is 0 Å². The van der Waals surface area contributed by atoms with Gasteiger partial charge in [-0.1, -0.05) is 23.7 Å². The van der Waals surface area contributed by atoms with Gasteiger partial charge in [0, 0.05) is 11.2 Å². The number of pyridine rings is 1. The molecule has 0 atom stereocenters. The van der Waals surface area contributed by atoms with Crippen molar-refractivity contribution in [2.75, 3.05) is 19.0 Å². The lowest BCUT2D eigenvalue weighted by molar-refractivity contribution is -0.119. The fourth-order valence-electron chi connectivity index (χ4n) is 1.79. The van der Waals surface area contributed by atoms with Crippen LogP contribution in [0.5, 0.6) is 0 Å². The fraction of sp³-hybridized carbons (Fsp3) is 0.125. The summed E-state index contributed by atoms with van der Waals surface area (Å²) in [4.78, 5) is 39.1. The zero-order chi connectivity index (χ0) is 17.5. The average Bonchev–Trinajstić information content (AvgIpc) is 2.59. The molecule has 0 radical (unpaired) electrons. The number of nitrogens with one attached hydrogen (secondary N) is 1. The molecule has 0 bridgehead atoms. The first-order valence-electron chi connectivity index (χ1n) is 6.77. The Morgan fingerprint density at radius 1 is 1.17 bits per heavy atom. The largest absolute Gasteiger partial charge is 0.465 e.